The van der Waals surface area contributed by atoms with E-state index in [1.807, 2.05) is 31.0 Å². The third-order valence-corrected chi connectivity index (χ3v) is 4.37. The zero-order chi connectivity index (χ0) is 17.1. The van der Waals surface area contributed by atoms with Crippen LogP contribution in [0.1, 0.15) is 36.8 Å². The topological polar surface area (TPSA) is 73.1 Å². The number of carbonyl (C=O) groups excluding carboxylic acids is 1. The summed E-state index contributed by atoms with van der Waals surface area (Å²) >= 11 is 0. The third kappa shape index (κ3) is 3.31. The summed E-state index contributed by atoms with van der Waals surface area (Å²) in [6.45, 7) is 2.74. The number of nitrogens with zero attached hydrogens (tertiary/aromatic N) is 5. The summed E-state index contributed by atoms with van der Waals surface area (Å²) in [7, 11) is 3.44. The van der Waals surface area contributed by atoms with Crippen LogP contribution < -0.4 is 0 Å². The smallest absolute Gasteiger partial charge is 0.249 e. The van der Waals surface area contributed by atoms with Gasteiger partial charge in [-0.1, -0.05) is 0 Å². The number of carbonyl (C=O) groups is 1. The van der Waals surface area contributed by atoms with E-state index in [1.165, 1.54) is 0 Å². The van der Waals surface area contributed by atoms with Gasteiger partial charge in [-0.15, -0.1) is 0 Å². The fraction of sp³-hybridized carbons (Fsp3) is 0.529. The molecule has 0 saturated carbocycles. The summed E-state index contributed by atoms with van der Waals surface area (Å²) in [6.07, 6.45) is 4.77. The molecule has 24 heavy (non-hydrogen) atoms. The van der Waals surface area contributed by atoms with Crippen LogP contribution in [-0.2, 0) is 16.6 Å². The van der Waals surface area contributed by atoms with Crippen molar-refractivity contribution in [1.29, 1.82) is 0 Å². The first-order valence-electron chi connectivity index (χ1n) is 8.22. The van der Waals surface area contributed by atoms with E-state index in [4.69, 9.17) is 4.74 Å². The van der Waals surface area contributed by atoms with Gasteiger partial charge >= 0.3 is 0 Å². The highest BCUT2D eigenvalue weighted by Crippen LogP contribution is 2.31. The van der Waals surface area contributed by atoms with Crippen LogP contribution in [0.25, 0.3) is 11.4 Å². The van der Waals surface area contributed by atoms with Crippen molar-refractivity contribution in [2.24, 2.45) is 7.05 Å². The molecule has 1 aliphatic heterocycles. The molecule has 7 heteroatoms. The summed E-state index contributed by atoms with van der Waals surface area (Å²) in [5, 5.41) is 4.21. The molecular weight excluding hydrogens is 306 g/mol. The van der Waals surface area contributed by atoms with Crippen molar-refractivity contribution in [2.75, 3.05) is 20.3 Å². The van der Waals surface area contributed by atoms with Crippen LogP contribution in [0.2, 0.25) is 0 Å². The Bertz CT molecular complexity index is 728. The van der Waals surface area contributed by atoms with E-state index < -0.39 is 0 Å². The monoisotopic (exact) mass is 329 g/mol. The SMILES string of the molecule is COCC(=O)N1CCCCC1c1cc(-c2ccnn2C)nc(C)n1. The van der Waals surface area contributed by atoms with Gasteiger partial charge in [0.25, 0.3) is 0 Å². The molecule has 1 amide bonds. The van der Waals surface area contributed by atoms with Gasteiger partial charge in [-0.2, -0.15) is 5.10 Å². The van der Waals surface area contributed by atoms with Crippen LogP contribution in [0.3, 0.4) is 0 Å². The normalized spacial score (nSPS) is 18.0. The molecule has 0 aromatic carbocycles. The first-order valence-corrected chi connectivity index (χ1v) is 8.22. The van der Waals surface area contributed by atoms with Crippen LogP contribution in [-0.4, -0.2) is 50.8 Å². The zero-order valence-corrected chi connectivity index (χ0v) is 14.4. The van der Waals surface area contributed by atoms with Crippen molar-refractivity contribution in [3.8, 4) is 11.4 Å². The lowest BCUT2D eigenvalue weighted by atomic mass is 9.98. The maximum absolute atomic E-state index is 12.4. The van der Waals surface area contributed by atoms with Gasteiger partial charge in [0.05, 0.1) is 23.1 Å². The quantitative estimate of drug-likeness (QED) is 0.856. The van der Waals surface area contributed by atoms with E-state index >= 15 is 0 Å². The van der Waals surface area contributed by atoms with Gasteiger partial charge in [0, 0.05) is 26.9 Å². The molecule has 3 rings (SSSR count). The van der Waals surface area contributed by atoms with Gasteiger partial charge in [0.15, 0.2) is 0 Å². The number of aryl methyl sites for hydroxylation is 2. The molecule has 1 unspecified atom stereocenters. The molecule has 1 fully saturated rings. The summed E-state index contributed by atoms with van der Waals surface area (Å²) in [6, 6.07) is 3.89. The second kappa shape index (κ2) is 7.09. The molecule has 2 aromatic heterocycles. The average Bonchev–Trinajstić information content (AvgIpc) is 3.00. The molecule has 1 saturated heterocycles. The maximum Gasteiger partial charge on any atom is 0.249 e. The number of ether oxygens (including phenoxy) is 1. The Labute approximate surface area is 141 Å². The molecule has 0 bridgehead atoms. The van der Waals surface area contributed by atoms with Crippen molar-refractivity contribution < 1.29 is 9.53 Å². The number of hydrogen-bond donors (Lipinski definition) is 0. The molecule has 0 aliphatic carbocycles. The fourth-order valence-corrected chi connectivity index (χ4v) is 3.26. The lowest BCUT2D eigenvalue weighted by Crippen LogP contribution is -2.40. The molecule has 7 nitrogen and oxygen atoms in total. The standard InChI is InChI=1S/C17H23N5O2/c1-12-19-13(15-7-8-18-21(15)2)10-14(20-12)16-6-4-5-9-22(16)17(23)11-24-3/h7-8,10,16H,4-6,9,11H2,1-3H3. The zero-order valence-electron chi connectivity index (χ0n) is 14.4. The molecule has 1 atom stereocenters. The number of rotatable bonds is 4. The number of methoxy groups -OCH3 is 1. The summed E-state index contributed by atoms with van der Waals surface area (Å²) < 4.78 is 6.82. The Kier molecular flexibility index (Phi) is 4.89. The second-order valence-electron chi connectivity index (χ2n) is 6.10. The summed E-state index contributed by atoms with van der Waals surface area (Å²) in [5.41, 5.74) is 2.66. The Hall–Kier alpha value is -2.28. The van der Waals surface area contributed by atoms with Gasteiger partial charge in [0.2, 0.25) is 5.91 Å². The minimum atomic E-state index is -0.0184. The van der Waals surface area contributed by atoms with E-state index in [0.29, 0.717) is 5.82 Å². The number of aromatic nitrogens is 4. The van der Waals surface area contributed by atoms with Crippen molar-refractivity contribution in [1.82, 2.24) is 24.6 Å². The van der Waals surface area contributed by atoms with E-state index in [9.17, 15) is 4.79 Å². The number of likely N-dealkylation sites (tertiary alicyclic amines) is 1. The van der Waals surface area contributed by atoms with Crippen LogP contribution in [0, 0.1) is 6.92 Å². The Morgan fingerprint density at radius 2 is 2.21 bits per heavy atom. The van der Waals surface area contributed by atoms with Gasteiger partial charge < -0.3 is 9.64 Å². The Morgan fingerprint density at radius 1 is 1.38 bits per heavy atom. The maximum atomic E-state index is 12.4. The predicted octanol–water partition coefficient (Wildman–Crippen LogP) is 1.89. The first kappa shape index (κ1) is 16.6. The number of amides is 1. The van der Waals surface area contributed by atoms with Crippen molar-refractivity contribution >= 4 is 5.91 Å². The van der Waals surface area contributed by atoms with Crippen molar-refractivity contribution in [3.05, 3.63) is 29.8 Å². The lowest BCUT2D eigenvalue weighted by molar-refractivity contribution is -0.139. The molecule has 2 aromatic rings. The molecular formula is C17H23N5O2. The van der Waals surface area contributed by atoms with Crippen LogP contribution in [0.15, 0.2) is 18.3 Å². The predicted molar refractivity (Wildman–Crippen MR) is 89.2 cm³/mol. The van der Waals surface area contributed by atoms with Gasteiger partial charge in [0.1, 0.15) is 12.4 Å². The lowest BCUT2D eigenvalue weighted by Gasteiger charge is -2.35. The highest BCUT2D eigenvalue weighted by Gasteiger charge is 2.29. The minimum Gasteiger partial charge on any atom is -0.375 e. The molecule has 0 radical (unpaired) electrons. The molecule has 0 N–H and O–H groups in total. The number of hydrogen-bond acceptors (Lipinski definition) is 5. The van der Waals surface area contributed by atoms with Crippen LogP contribution in [0.4, 0.5) is 0 Å². The largest absolute Gasteiger partial charge is 0.375 e. The van der Waals surface area contributed by atoms with E-state index in [2.05, 4.69) is 15.1 Å². The van der Waals surface area contributed by atoms with Crippen molar-refractivity contribution in [2.45, 2.75) is 32.2 Å². The minimum absolute atomic E-state index is 0.0144. The average molecular weight is 329 g/mol. The highest BCUT2D eigenvalue weighted by atomic mass is 16.5. The van der Waals surface area contributed by atoms with Gasteiger partial charge in [-0.05, 0) is 38.3 Å². The first-order chi connectivity index (χ1) is 11.6. The van der Waals surface area contributed by atoms with Crippen LogP contribution in [0.5, 0.6) is 0 Å². The molecule has 1 aliphatic rings. The third-order valence-electron chi connectivity index (χ3n) is 4.37. The second-order valence-corrected chi connectivity index (χ2v) is 6.10. The van der Waals surface area contributed by atoms with Crippen molar-refractivity contribution in [3.63, 3.8) is 0 Å². The van der Waals surface area contributed by atoms with E-state index in [0.717, 1.165) is 42.9 Å². The summed E-state index contributed by atoms with van der Waals surface area (Å²) in [4.78, 5) is 23.4. The highest BCUT2D eigenvalue weighted by molar-refractivity contribution is 5.78. The number of piperidine rings is 1. The van der Waals surface area contributed by atoms with E-state index in [-0.39, 0.29) is 18.6 Å². The van der Waals surface area contributed by atoms with Gasteiger partial charge in [-0.3, -0.25) is 9.48 Å². The molecule has 0 spiro atoms. The Morgan fingerprint density at radius 3 is 2.92 bits per heavy atom. The fourth-order valence-electron chi connectivity index (χ4n) is 3.26. The van der Waals surface area contributed by atoms with Gasteiger partial charge in [-0.25, -0.2) is 9.97 Å². The molecule has 3 heterocycles. The Balaban J connectivity index is 1.96. The summed E-state index contributed by atoms with van der Waals surface area (Å²) in [5.74, 6) is 0.717. The molecule has 128 valence electrons. The van der Waals surface area contributed by atoms with E-state index in [1.54, 1.807) is 18.0 Å². The van der Waals surface area contributed by atoms with Crippen LogP contribution >= 0.6 is 0 Å².